The van der Waals surface area contributed by atoms with Crippen LogP contribution in [0.15, 0.2) is 27.6 Å². The van der Waals surface area contributed by atoms with Gasteiger partial charge in [0.05, 0.1) is 25.1 Å². The van der Waals surface area contributed by atoms with E-state index in [0.29, 0.717) is 44.6 Å². The van der Waals surface area contributed by atoms with Crippen molar-refractivity contribution in [1.29, 1.82) is 0 Å². The summed E-state index contributed by atoms with van der Waals surface area (Å²) in [5.41, 5.74) is -1.00. The monoisotopic (exact) mass is 556 g/mol. The molecule has 220 valence electrons. The maximum absolute atomic E-state index is 12.9. The molecule has 1 aromatic rings. The summed E-state index contributed by atoms with van der Waals surface area (Å²) in [5.74, 6) is -0.322. The van der Waals surface area contributed by atoms with Gasteiger partial charge in [-0.05, 0) is 98.0 Å². The van der Waals surface area contributed by atoms with Crippen molar-refractivity contribution in [3.63, 3.8) is 0 Å². The number of carboxylic acid groups (broad SMARTS) is 1. The van der Waals surface area contributed by atoms with Gasteiger partial charge in [0.15, 0.2) is 0 Å². The Morgan fingerprint density at radius 1 is 1.07 bits per heavy atom. The summed E-state index contributed by atoms with van der Waals surface area (Å²) in [6, 6.07) is 3.36. The first-order valence-corrected chi connectivity index (χ1v) is 15.2. The third kappa shape index (κ3) is 4.39. The summed E-state index contributed by atoms with van der Waals surface area (Å²) >= 11 is 0. The number of fused-ring (bicyclic) bond motifs is 5. The van der Waals surface area contributed by atoms with Crippen LogP contribution in [0.25, 0.3) is 0 Å². The number of hydrogen-bond acceptors (Lipinski definition) is 6. The summed E-state index contributed by atoms with van der Waals surface area (Å²) in [6.45, 7) is 7.02. The summed E-state index contributed by atoms with van der Waals surface area (Å²) in [7, 11) is 0. The largest absolute Gasteiger partial charge is 0.481 e. The van der Waals surface area contributed by atoms with E-state index in [-0.39, 0.29) is 41.7 Å². The second kappa shape index (κ2) is 10.2. The molecule has 1 aliphatic heterocycles. The molecule has 3 N–H and O–H groups in total. The molecule has 0 bridgehead atoms. The highest BCUT2D eigenvalue weighted by Crippen LogP contribution is 2.72. The van der Waals surface area contributed by atoms with Gasteiger partial charge in [0, 0.05) is 37.0 Å². The minimum Gasteiger partial charge on any atom is -0.481 e. The Hall–Kier alpha value is -2.39. The van der Waals surface area contributed by atoms with Gasteiger partial charge in [-0.2, -0.15) is 0 Å². The quantitative estimate of drug-likeness (QED) is 0.511. The Balaban J connectivity index is 1.23. The summed E-state index contributed by atoms with van der Waals surface area (Å²) in [5, 5.41) is 25.8. The van der Waals surface area contributed by atoms with Crippen LogP contribution in [0, 0.1) is 34.5 Å². The van der Waals surface area contributed by atoms with Crippen molar-refractivity contribution in [3.05, 3.63) is 34.4 Å². The maximum atomic E-state index is 12.9. The van der Waals surface area contributed by atoms with Crippen molar-refractivity contribution < 1.29 is 29.0 Å². The number of rotatable bonds is 4. The molecule has 0 aromatic carbocycles. The van der Waals surface area contributed by atoms with Crippen LogP contribution in [0.3, 0.4) is 0 Å². The number of morpholine rings is 1. The van der Waals surface area contributed by atoms with Crippen molar-refractivity contribution in [2.45, 2.75) is 89.2 Å². The predicted molar refractivity (Wildman–Crippen MR) is 147 cm³/mol. The van der Waals surface area contributed by atoms with E-state index in [4.69, 9.17) is 9.15 Å². The lowest BCUT2D eigenvalue weighted by molar-refractivity contribution is -0.202. The van der Waals surface area contributed by atoms with Gasteiger partial charge >= 0.3 is 17.6 Å². The molecule has 5 aliphatic rings. The molecule has 40 heavy (non-hydrogen) atoms. The van der Waals surface area contributed by atoms with Gasteiger partial charge in [0.1, 0.15) is 0 Å². The zero-order chi connectivity index (χ0) is 28.3. The third-order valence-corrected chi connectivity index (χ3v) is 12.1. The highest BCUT2D eigenvalue weighted by atomic mass is 16.5. The number of aliphatic carboxylic acids is 1. The summed E-state index contributed by atoms with van der Waals surface area (Å²) < 4.78 is 10.6. The van der Waals surface area contributed by atoms with Gasteiger partial charge < -0.3 is 29.6 Å². The molecule has 2 heterocycles. The summed E-state index contributed by atoms with van der Waals surface area (Å²) in [6.07, 6.45) is 8.59. The van der Waals surface area contributed by atoms with Crippen LogP contribution in [0.4, 0.5) is 4.79 Å². The minimum atomic E-state index is -0.980. The lowest BCUT2D eigenvalue weighted by atomic mass is 9.43. The van der Waals surface area contributed by atoms with Crippen molar-refractivity contribution in [1.82, 2.24) is 10.2 Å². The van der Waals surface area contributed by atoms with E-state index in [0.717, 1.165) is 50.5 Å². The molecular weight excluding hydrogens is 512 g/mol. The second-order valence-electron chi connectivity index (χ2n) is 13.8. The smallest absolute Gasteiger partial charge is 0.335 e. The van der Waals surface area contributed by atoms with Crippen LogP contribution in [-0.2, 0) is 9.53 Å². The molecule has 1 saturated heterocycles. The second-order valence-corrected chi connectivity index (χ2v) is 13.8. The number of nitrogens with zero attached hydrogens (tertiary/aromatic N) is 1. The molecule has 6 rings (SSSR count). The first kappa shape index (κ1) is 27.8. The van der Waals surface area contributed by atoms with E-state index in [2.05, 4.69) is 19.2 Å². The zero-order valence-electron chi connectivity index (χ0n) is 23.8. The molecule has 0 radical (unpaired) electrons. The number of carbonyl (C=O) groups excluding carboxylic acids is 1. The number of amides is 2. The minimum absolute atomic E-state index is 0.0104. The van der Waals surface area contributed by atoms with Crippen molar-refractivity contribution in [3.8, 4) is 0 Å². The number of hydrogen-bond donors (Lipinski definition) is 3. The lowest BCUT2D eigenvalue weighted by Gasteiger charge is -2.63. The van der Waals surface area contributed by atoms with Crippen molar-refractivity contribution in [2.75, 3.05) is 26.3 Å². The number of carbonyl (C=O) groups is 2. The van der Waals surface area contributed by atoms with E-state index in [1.165, 1.54) is 12.3 Å². The van der Waals surface area contributed by atoms with Crippen LogP contribution in [0.2, 0.25) is 0 Å². The van der Waals surface area contributed by atoms with Crippen LogP contribution in [0.1, 0.15) is 83.1 Å². The Morgan fingerprint density at radius 2 is 1.85 bits per heavy atom. The highest BCUT2D eigenvalue weighted by Gasteiger charge is 2.69. The van der Waals surface area contributed by atoms with Gasteiger partial charge in [0.25, 0.3) is 0 Å². The van der Waals surface area contributed by atoms with Gasteiger partial charge in [-0.25, -0.2) is 9.59 Å². The first-order valence-electron chi connectivity index (χ1n) is 15.2. The van der Waals surface area contributed by atoms with Gasteiger partial charge in [-0.3, -0.25) is 4.79 Å². The van der Waals surface area contributed by atoms with Gasteiger partial charge in [-0.15, -0.1) is 0 Å². The topological polar surface area (TPSA) is 129 Å². The molecule has 1 aromatic heterocycles. The van der Waals surface area contributed by atoms with E-state index >= 15 is 0 Å². The Morgan fingerprint density at radius 3 is 2.55 bits per heavy atom. The number of aliphatic hydroxyl groups is 1. The number of carboxylic acids is 1. The van der Waals surface area contributed by atoms with E-state index < -0.39 is 22.6 Å². The molecule has 9 nitrogen and oxygen atoms in total. The fourth-order valence-electron chi connectivity index (χ4n) is 10.2. The number of urea groups is 1. The van der Waals surface area contributed by atoms with E-state index in [9.17, 15) is 24.6 Å². The van der Waals surface area contributed by atoms with Gasteiger partial charge in [0.2, 0.25) is 0 Å². The SMILES string of the molecule is C[C@]12CC[C@H](NC(=O)N3CCOCC3)C[C@H]1CC[C@@H]1[C@@H]2CC[C@]2(C)[C@@H](c3ccc(=O)oc3)[C@H](CC(=O)O)C[C@]12O. The average Bonchev–Trinajstić information content (AvgIpc) is 3.15. The van der Waals surface area contributed by atoms with Crippen LogP contribution in [-0.4, -0.2) is 65.1 Å². The van der Waals surface area contributed by atoms with Crippen molar-refractivity contribution >= 4 is 12.0 Å². The first-order chi connectivity index (χ1) is 19.0. The molecule has 2 amide bonds. The molecular formula is C31H44N2O7. The summed E-state index contributed by atoms with van der Waals surface area (Å²) in [4.78, 5) is 38.4. The Kier molecular flexibility index (Phi) is 7.05. The van der Waals surface area contributed by atoms with Gasteiger partial charge in [-0.1, -0.05) is 13.8 Å². The van der Waals surface area contributed by atoms with Crippen LogP contribution in [0.5, 0.6) is 0 Å². The standard InChI is InChI=1S/C31H44N2O7/c1-29-9-7-22(32-28(37)33-11-13-39-14-12-33)16-21(29)4-5-24-23(29)8-10-30(2)27(19-3-6-26(36)40-18-19)20(15-25(34)35)17-31(24,30)38/h3,6,18,20-24,27,38H,4-5,7-17H2,1-2H3,(H,32,37)(H,34,35)/t20-,21-,22+,23+,24-,27+,29+,30-,31+/m1/s1. The molecule has 4 saturated carbocycles. The molecule has 0 spiro atoms. The predicted octanol–water partition coefficient (Wildman–Crippen LogP) is 3.99. The molecule has 9 atom stereocenters. The van der Waals surface area contributed by atoms with Crippen molar-refractivity contribution in [2.24, 2.45) is 34.5 Å². The third-order valence-electron chi connectivity index (χ3n) is 12.1. The maximum Gasteiger partial charge on any atom is 0.335 e. The number of nitrogens with one attached hydrogen (secondary N) is 1. The molecule has 9 heteroatoms. The molecule has 0 unspecified atom stereocenters. The fraction of sp³-hybridized carbons (Fsp3) is 0.774. The van der Waals surface area contributed by atoms with E-state index in [1.807, 2.05) is 4.90 Å². The normalized spacial score (nSPS) is 42.8. The zero-order valence-corrected chi connectivity index (χ0v) is 23.8. The highest BCUT2D eigenvalue weighted by molar-refractivity contribution is 5.74. The Labute approximate surface area is 235 Å². The lowest BCUT2D eigenvalue weighted by Crippen LogP contribution is -2.62. The van der Waals surface area contributed by atoms with E-state index in [1.54, 1.807) is 6.07 Å². The van der Waals surface area contributed by atoms with Crippen LogP contribution < -0.4 is 10.9 Å². The number of ether oxygens (including phenoxy) is 1. The molecule has 4 aliphatic carbocycles. The molecule has 5 fully saturated rings. The fourth-order valence-corrected chi connectivity index (χ4v) is 10.2. The average molecular weight is 557 g/mol. The van der Waals surface area contributed by atoms with Crippen LogP contribution >= 0.6 is 0 Å². The Bertz CT molecular complexity index is 1180.